The van der Waals surface area contributed by atoms with Gasteiger partial charge in [-0.1, -0.05) is 0 Å². The number of benzene rings is 1. The van der Waals surface area contributed by atoms with Crippen molar-refractivity contribution in [3.63, 3.8) is 0 Å². The van der Waals surface area contributed by atoms with Crippen LogP contribution in [0.4, 0.5) is 10.5 Å². The number of Topliss-reactive ketones (excluding diaryl/α,β-unsaturated/α-hetero) is 1. The van der Waals surface area contributed by atoms with E-state index in [1.165, 1.54) is 6.92 Å². The zero-order chi connectivity index (χ0) is 18.4. The smallest absolute Gasteiger partial charge is 0.409 e. The maximum absolute atomic E-state index is 12.4. The predicted octanol–water partition coefficient (Wildman–Crippen LogP) is 1.99. The van der Waals surface area contributed by atoms with E-state index in [0.717, 1.165) is 0 Å². The first kappa shape index (κ1) is 18.9. The number of ketones is 1. The summed E-state index contributed by atoms with van der Waals surface area (Å²) >= 11 is 0. The number of amides is 2. The van der Waals surface area contributed by atoms with Crippen molar-refractivity contribution in [1.82, 2.24) is 9.80 Å². The van der Waals surface area contributed by atoms with Gasteiger partial charge in [-0.05, 0) is 45.0 Å². The predicted molar refractivity (Wildman–Crippen MR) is 94.7 cm³/mol. The maximum Gasteiger partial charge on any atom is 0.409 e. The molecule has 1 N–H and O–H groups in total. The molecular weight excluding hydrogens is 322 g/mol. The van der Waals surface area contributed by atoms with Crippen molar-refractivity contribution in [3.8, 4) is 0 Å². The van der Waals surface area contributed by atoms with Crippen LogP contribution >= 0.6 is 0 Å². The van der Waals surface area contributed by atoms with Gasteiger partial charge in [0.25, 0.3) is 0 Å². The molecular formula is C18H25N3O4. The van der Waals surface area contributed by atoms with Crippen LogP contribution in [0.5, 0.6) is 0 Å². The van der Waals surface area contributed by atoms with Crippen LogP contribution in [0.3, 0.4) is 0 Å². The molecule has 7 nitrogen and oxygen atoms in total. The minimum atomic E-state index is -0.308. The van der Waals surface area contributed by atoms with Crippen molar-refractivity contribution in [3.05, 3.63) is 29.8 Å². The Labute approximate surface area is 147 Å². The Morgan fingerprint density at radius 1 is 1.12 bits per heavy atom. The fraction of sp³-hybridized carbons (Fsp3) is 0.500. The number of piperazine rings is 1. The van der Waals surface area contributed by atoms with Crippen LogP contribution in [0.25, 0.3) is 0 Å². The number of carbonyl (C=O) groups excluding carboxylic acids is 3. The Balaban J connectivity index is 1.86. The topological polar surface area (TPSA) is 79.0 Å². The molecule has 1 fully saturated rings. The van der Waals surface area contributed by atoms with E-state index in [4.69, 9.17) is 4.74 Å². The number of anilines is 1. The highest BCUT2D eigenvalue weighted by molar-refractivity contribution is 5.97. The van der Waals surface area contributed by atoms with Crippen molar-refractivity contribution in [2.24, 2.45) is 0 Å². The van der Waals surface area contributed by atoms with Gasteiger partial charge in [-0.3, -0.25) is 14.5 Å². The van der Waals surface area contributed by atoms with Crippen LogP contribution in [0.1, 0.15) is 31.1 Å². The van der Waals surface area contributed by atoms with Gasteiger partial charge in [-0.15, -0.1) is 0 Å². The molecule has 7 heteroatoms. The number of nitrogens with zero attached hydrogens (tertiary/aromatic N) is 2. The summed E-state index contributed by atoms with van der Waals surface area (Å²) in [7, 11) is 0. The molecule has 1 heterocycles. The van der Waals surface area contributed by atoms with E-state index in [0.29, 0.717) is 44.0 Å². The molecule has 1 aliphatic heterocycles. The lowest BCUT2D eigenvalue weighted by molar-refractivity contribution is -0.121. The Kier molecular flexibility index (Phi) is 6.52. The molecule has 0 aromatic heterocycles. The summed E-state index contributed by atoms with van der Waals surface area (Å²) in [5, 5.41) is 2.86. The minimum Gasteiger partial charge on any atom is -0.450 e. The van der Waals surface area contributed by atoms with Gasteiger partial charge in [0.05, 0.1) is 12.6 Å². The minimum absolute atomic E-state index is 0.00860. The van der Waals surface area contributed by atoms with E-state index in [1.807, 2.05) is 11.8 Å². The van der Waals surface area contributed by atoms with Crippen molar-refractivity contribution < 1.29 is 19.1 Å². The number of nitrogens with one attached hydrogen (secondary N) is 1. The van der Waals surface area contributed by atoms with Crippen LogP contribution in [0, 0.1) is 0 Å². The molecule has 136 valence electrons. The first-order valence-electron chi connectivity index (χ1n) is 8.50. The van der Waals surface area contributed by atoms with E-state index in [9.17, 15) is 14.4 Å². The molecule has 0 unspecified atom stereocenters. The molecule has 1 saturated heterocycles. The van der Waals surface area contributed by atoms with Crippen LogP contribution in [-0.2, 0) is 9.53 Å². The highest BCUT2D eigenvalue weighted by atomic mass is 16.6. The summed E-state index contributed by atoms with van der Waals surface area (Å²) in [5.74, 6) is -0.120. The van der Waals surface area contributed by atoms with Crippen molar-refractivity contribution in [2.75, 3.05) is 38.1 Å². The summed E-state index contributed by atoms with van der Waals surface area (Å²) in [5.41, 5.74) is 1.27. The summed E-state index contributed by atoms with van der Waals surface area (Å²) in [6.07, 6.45) is -0.301. The Morgan fingerprint density at radius 2 is 1.72 bits per heavy atom. The van der Waals surface area contributed by atoms with Gasteiger partial charge in [0, 0.05) is 37.4 Å². The monoisotopic (exact) mass is 347 g/mol. The Bertz CT molecular complexity index is 622. The first-order chi connectivity index (χ1) is 11.9. The van der Waals surface area contributed by atoms with Crippen LogP contribution in [0.15, 0.2) is 24.3 Å². The molecule has 0 bridgehead atoms. The van der Waals surface area contributed by atoms with E-state index >= 15 is 0 Å². The normalized spacial score (nSPS) is 16.2. The van der Waals surface area contributed by atoms with Crippen molar-refractivity contribution in [2.45, 2.75) is 26.8 Å². The van der Waals surface area contributed by atoms with E-state index in [-0.39, 0.29) is 23.8 Å². The number of hydrogen-bond acceptors (Lipinski definition) is 5. The lowest BCUT2D eigenvalue weighted by Crippen LogP contribution is -2.54. The van der Waals surface area contributed by atoms with Crippen molar-refractivity contribution in [1.29, 1.82) is 0 Å². The third kappa shape index (κ3) is 5.03. The zero-order valence-electron chi connectivity index (χ0n) is 14.9. The van der Waals surface area contributed by atoms with Gasteiger partial charge < -0.3 is 15.0 Å². The highest BCUT2D eigenvalue weighted by Gasteiger charge is 2.28. The van der Waals surface area contributed by atoms with Gasteiger partial charge in [0.15, 0.2) is 5.78 Å². The summed E-state index contributed by atoms with van der Waals surface area (Å²) in [6, 6.07) is 6.53. The van der Waals surface area contributed by atoms with Crippen LogP contribution in [0.2, 0.25) is 0 Å². The first-order valence-corrected chi connectivity index (χ1v) is 8.50. The summed E-state index contributed by atoms with van der Waals surface area (Å²) < 4.78 is 5.00. The van der Waals surface area contributed by atoms with Crippen LogP contribution < -0.4 is 5.32 Å². The van der Waals surface area contributed by atoms with Gasteiger partial charge in [-0.2, -0.15) is 0 Å². The third-order valence-corrected chi connectivity index (χ3v) is 4.33. The molecule has 0 radical (unpaired) electrons. The lowest BCUT2D eigenvalue weighted by atomic mass is 10.1. The second kappa shape index (κ2) is 8.62. The van der Waals surface area contributed by atoms with E-state index in [1.54, 1.807) is 36.1 Å². The molecule has 0 spiro atoms. The number of carbonyl (C=O) groups is 3. The summed E-state index contributed by atoms with van der Waals surface area (Å²) in [4.78, 5) is 39.1. The average Bonchev–Trinajstić information content (AvgIpc) is 2.61. The second-order valence-electron chi connectivity index (χ2n) is 6.02. The molecule has 0 aliphatic carbocycles. The van der Waals surface area contributed by atoms with Crippen LogP contribution in [-0.4, -0.2) is 66.4 Å². The number of hydrogen-bond donors (Lipinski definition) is 1. The largest absolute Gasteiger partial charge is 0.450 e. The molecule has 2 amide bonds. The van der Waals surface area contributed by atoms with E-state index in [2.05, 4.69) is 5.32 Å². The van der Waals surface area contributed by atoms with Gasteiger partial charge in [0.1, 0.15) is 0 Å². The van der Waals surface area contributed by atoms with E-state index < -0.39 is 0 Å². The molecule has 1 atom stereocenters. The lowest BCUT2D eigenvalue weighted by Gasteiger charge is -2.36. The number of rotatable bonds is 5. The standard InChI is InChI=1S/C18H25N3O4/c1-4-25-18(24)21-11-9-20(10-12-21)13(2)17(23)19-16-7-5-15(6-8-16)14(3)22/h5-8,13H,4,9-12H2,1-3H3,(H,19,23)/t13-/m1/s1. The SMILES string of the molecule is CCOC(=O)N1CCN([C@H](C)C(=O)Nc2ccc(C(C)=O)cc2)CC1. The third-order valence-electron chi connectivity index (χ3n) is 4.33. The molecule has 0 saturated carbocycles. The fourth-order valence-electron chi connectivity index (χ4n) is 2.71. The zero-order valence-corrected chi connectivity index (χ0v) is 14.9. The van der Waals surface area contributed by atoms with Crippen molar-refractivity contribution >= 4 is 23.5 Å². The number of ether oxygens (including phenoxy) is 1. The maximum atomic E-state index is 12.4. The fourth-order valence-corrected chi connectivity index (χ4v) is 2.71. The molecule has 1 aliphatic rings. The molecule has 1 aromatic rings. The quantitative estimate of drug-likeness (QED) is 0.824. The second-order valence-corrected chi connectivity index (χ2v) is 6.02. The summed E-state index contributed by atoms with van der Waals surface area (Å²) in [6.45, 7) is 7.83. The highest BCUT2D eigenvalue weighted by Crippen LogP contribution is 2.13. The van der Waals surface area contributed by atoms with Gasteiger partial charge in [-0.25, -0.2) is 4.79 Å². The Hall–Kier alpha value is -2.41. The molecule has 2 rings (SSSR count). The van der Waals surface area contributed by atoms with Gasteiger partial charge >= 0.3 is 6.09 Å². The molecule has 25 heavy (non-hydrogen) atoms. The molecule has 1 aromatic carbocycles. The van der Waals surface area contributed by atoms with Gasteiger partial charge in [0.2, 0.25) is 5.91 Å². The Morgan fingerprint density at radius 3 is 2.24 bits per heavy atom. The average molecular weight is 347 g/mol.